The van der Waals surface area contributed by atoms with Gasteiger partial charge in [0.25, 0.3) is 0 Å². The summed E-state index contributed by atoms with van der Waals surface area (Å²) < 4.78 is 5.85. The zero-order valence-corrected chi connectivity index (χ0v) is 9.22. The van der Waals surface area contributed by atoms with E-state index in [9.17, 15) is 0 Å². The number of hydrogen-bond acceptors (Lipinski definition) is 3. The number of rotatable bonds is 3. The fourth-order valence-electron chi connectivity index (χ4n) is 1.93. The van der Waals surface area contributed by atoms with Gasteiger partial charge in [-0.3, -0.25) is 4.90 Å². The number of ether oxygens (including phenoxy) is 1. The molecule has 1 radical (unpaired) electrons. The summed E-state index contributed by atoms with van der Waals surface area (Å²) in [6.45, 7) is 2.45. The predicted molar refractivity (Wildman–Crippen MR) is 61.0 cm³/mol. The Morgan fingerprint density at radius 1 is 1.38 bits per heavy atom. The molecule has 1 aromatic rings. The van der Waals surface area contributed by atoms with E-state index in [2.05, 4.69) is 17.0 Å². The molecule has 1 fully saturated rings. The zero-order valence-electron chi connectivity index (χ0n) is 9.22. The molecule has 0 unspecified atom stereocenters. The second-order valence-electron chi connectivity index (χ2n) is 3.99. The van der Waals surface area contributed by atoms with Gasteiger partial charge in [0.05, 0.1) is 12.6 Å². The molecule has 0 aliphatic carbocycles. The van der Waals surface area contributed by atoms with Crippen molar-refractivity contribution in [1.82, 2.24) is 4.90 Å². The SMILES string of the molecule is N#CCN1CCC(Oc2cc[c]cc2)CC1. The van der Waals surface area contributed by atoms with Crippen molar-refractivity contribution in [3.05, 3.63) is 30.3 Å². The van der Waals surface area contributed by atoms with Crippen molar-refractivity contribution in [1.29, 1.82) is 5.26 Å². The van der Waals surface area contributed by atoms with Crippen molar-refractivity contribution in [2.24, 2.45) is 0 Å². The number of piperidine rings is 1. The molecule has 83 valence electrons. The van der Waals surface area contributed by atoms with Crippen LogP contribution in [0.2, 0.25) is 0 Å². The van der Waals surface area contributed by atoms with Crippen molar-refractivity contribution < 1.29 is 4.74 Å². The molecule has 3 nitrogen and oxygen atoms in total. The maximum absolute atomic E-state index is 8.59. The first-order valence-electron chi connectivity index (χ1n) is 5.60. The summed E-state index contributed by atoms with van der Waals surface area (Å²) in [6, 6.07) is 12.7. The first-order valence-corrected chi connectivity index (χ1v) is 5.60. The Morgan fingerprint density at radius 2 is 2.06 bits per heavy atom. The molecule has 0 spiro atoms. The summed E-state index contributed by atoms with van der Waals surface area (Å²) in [6.07, 6.45) is 2.29. The van der Waals surface area contributed by atoms with Crippen molar-refractivity contribution in [3.63, 3.8) is 0 Å². The van der Waals surface area contributed by atoms with Gasteiger partial charge in [0, 0.05) is 13.1 Å². The molecule has 1 heterocycles. The molecule has 1 aliphatic rings. The van der Waals surface area contributed by atoms with Crippen molar-refractivity contribution in [2.45, 2.75) is 18.9 Å². The third kappa shape index (κ3) is 2.98. The van der Waals surface area contributed by atoms with E-state index in [0.29, 0.717) is 6.54 Å². The molecular formula is C13H15N2O. The highest BCUT2D eigenvalue weighted by atomic mass is 16.5. The van der Waals surface area contributed by atoms with Gasteiger partial charge in [-0.25, -0.2) is 0 Å². The number of likely N-dealkylation sites (tertiary alicyclic amines) is 1. The highest BCUT2D eigenvalue weighted by Gasteiger charge is 2.19. The standard InChI is InChI=1S/C13H15N2O/c14-8-11-15-9-6-13(7-10-15)16-12-4-2-1-3-5-12/h2-5,13H,6-7,9-11H2. The smallest absolute Gasteiger partial charge is 0.119 e. The average molecular weight is 215 g/mol. The van der Waals surface area contributed by atoms with Gasteiger partial charge in [0.15, 0.2) is 0 Å². The van der Waals surface area contributed by atoms with Gasteiger partial charge < -0.3 is 4.74 Å². The first kappa shape index (κ1) is 11.0. The number of benzene rings is 1. The molecule has 0 aromatic heterocycles. The van der Waals surface area contributed by atoms with Crippen LogP contribution in [-0.4, -0.2) is 30.6 Å². The van der Waals surface area contributed by atoms with E-state index in [1.54, 1.807) is 0 Å². The number of hydrogen-bond donors (Lipinski definition) is 0. The highest BCUT2D eigenvalue weighted by Crippen LogP contribution is 2.18. The second-order valence-corrected chi connectivity index (χ2v) is 3.99. The Kier molecular flexibility index (Phi) is 3.79. The molecule has 1 aliphatic heterocycles. The summed E-state index contributed by atoms with van der Waals surface area (Å²) in [7, 11) is 0. The molecule has 0 atom stereocenters. The Hall–Kier alpha value is -1.53. The van der Waals surface area contributed by atoms with E-state index in [-0.39, 0.29) is 6.10 Å². The Labute approximate surface area is 96.2 Å². The average Bonchev–Trinajstić information content (AvgIpc) is 2.33. The molecule has 0 saturated carbocycles. The van der Waals surface area contributed by atoms with E-state index in [4.69, 9.17) is 10.00 Å². The molecule has 16 heavy (non-hydrogen) atoms. The Bertz CT molecular complexity index is 350. The fourth-order valence-corrected chi connectivity index (χ4v) is 1.93. The number of nitriles is 1. The van der Waals surface area contributed by atoms with Gasteiger partial charge in [-0.1, -0.05) is 12.1 Å². The lowest BCUT2D eigenvalue weighted by Crippen LogP contribution is -2.38. The van der Waals surface area contributed by atoms with Gasteiger partial charge in [-0.2, -0.15) is 5.26 Å². The third-order valence-electron chi connectivity index (χ3n) is 2.82. The summed E-state index contributed by atoms with van der Waals surface area (Å²) in [5.74, 6) is 0.914. The van der Waals surface area contributed by atoms with Crippen LogP contribution in [0.3, 0.4) is 0 Å². The largest absolute Gasteiger partial charge is 0.490 e. The van der Waals surface area contributed by atoms with E-state index < -0.39 is 0 Å². The Morgan fingerprint density at radius 3 is 2.69 bits per heavy atom. The van der Waals surface area contributed by atoms with E-state index in [1.807, 2.05) is 24.3 Å². The van der Waals surface area contributed by atoms with Crippen molar-refractivity contribution >= 4 is 0 Å². The normalized spacial score (nSPS) is 17.9. The minimum atomic E-state index is 0.289. The monoisotopic (exact) mass is 215 g/mol. The minimum absolute atomic E-state index is 0.289. The van der Waals surface area contributed by atoms with Crippen LogP contribution in [-0.2, 0) is 0 Å². The minimum Gasteiger partial charge on any atom is -0.490 e. The number of nitrogens with zero attached hydrogens (tertiary/aromatic N) is 2. The maximum Gasteiger partial charge on any atom is 0.119 e. The molecule has 2 rings (SSSR count). The van der Waals surface area contributed by atoms with E-state index >= 15 is 0 Å². The van der Waals surface area contributed by atoms with Gasteiger partial charge in [0.2, 0.25) is 0 Å². The summed E-state index contributed by atoms with van der Waals surface area (Å²) in [5.41, 5.74) is 0. The van der Waals surface area contributed by atoms with Gasteiger partial charge in [-0.15, -0.1) is 0 Å². The lowest BCUT2D eigenvalue weighted by atomic mass is 10.1. The van der Waals surface area contributed by atoms with Crippen molar-refractivity contribution in [3.8, 4) is 11.8 Å². The molecule has 0 N–H and O–H groups in total. The maximum atomic E-state index is 8.59. The summed E-state index contributed by atoms with van der Waals surface area (Å²) in [4.78, 5) is 2.17. The van der Waals surface area contributed by atoms with E-state index in [1.165, 1.54) is 0 Å². The topological polar surface area (TPSA) is 36.3 Å². The van der Waals surface area contributed by atoms with Crippen LogP contribution in [0, 0.1) is 17.4 Å². The third-order valence-corrected chi connectivity index (χ3v) is 2.82. The van der Waals surface area contributed by atoms with Crippen molar-refractivity contribution in [2.75, 3.05) is 19.6 Å². The predicted octanol–water partition coefficient (Wildman–Crippen LogP) is 1.85. The highest BCUT2D eigenvalue weighted by molar-refractivity contribution is 5.20. The Balaban J connectivity index is 1.80. The van der Waals surface area contributed by atoms with Crippen LogP contribution >= 0.6 is 0 Å². The van der Waals surface area contributed by atoms with Gasteiger partial charge in [0.1, 0.15) is 11.9 Å². The fraction of sp³-hybridized carbons (Fsp3) is 0.462. The molecular weight excluding hydrogens is 200 g/mol. The molecule has 0 amide bonds. The second kappa shape index (κ2) is 5.53. The van der Waals surface area contributed by atoms with Gasteiger partial charge in [-0.05, 0) is 31.0 Å². The van der Waals surface area contributed by atoms with Crippen LogP contribution in [0.15, 0.2) is 24.3 Å². The molecule has 0 bridgehead atoms. The van der Waals surface area contributed by atoms with Crippen LogP contribution in [0.5, 0.6) is 5.75 Å². The first-order chi connectivity index (χ1) is 7.88. The molecule has 1 aromatic carbocycles. The van der Waals surface area contributed by atoms with Crippen LogP contribution in [0.25, 0.3) is 0 Å². The molecule has 3 heteroatoms. The van der Waals surface area contributed by atoms with Crippen LogP contribution in [0.4, 0.5) is 0 Å². The molecule has 1 saturated heterocycles. The lowest BCUT2D eigenvalue weighted by molar-refractivity contribution is 0.108. The van der Waals surface area contributed by atoms with Crippen LogP contribution in [0.1, 0.15) is 12.8 Å². The van der Waals surface area contributed by atoms with E-state index in [0.717, 1.165) is 31.7 Å². The summed E-state index contributed by atoms with van der Waals surface area (Å²) in [5, 5.41) is 8.59. The summed E-state index contributed by atoms with van der Waals surface area (Å²) >= 11 is 0. The van der Waals surface area contributed by atoms with Gasteiger partial charge >= 0.3 is 0 Å². The zero-order chi connectivity index (χ0) is 11.2. The lowest BCUT2D eigenvalue weighted by Gasteiger charge is -2.30. The quantitative estimate of drug-likeness (QED) is 0.722. The van der Waals surface area contributed by atoms with Crippen LogP contribution < -0.4 is 4.74 Å².